The molecule has 0 unspecified atom stereocenters. The number of fused-ring (bicyclic) bond motifs is 1. The summed E-state index contributed by atoms with van der Waals surface area (Å²) in [6.45, 7) is 1.56. The maximum Gasteiger partial charge on any atom is 0.307 e. The van der Waals surface area contributed by atoms with E-state index in [1.54, 1.807) is 36.6 Å². The smallest absolute Gasteiger partial charge is 0.294 e. The minimum absolute atomic E-state index is 0.179. The molecule has 7 nitrogen and oxygen atoms in total. The summed E-state index contributed by atoms with van der Waals surface area (Å²) in [5.41, 5.74) is 7.90. The van der Waals surface area contributed by atoms with Gasteiger partial charge in [0.05, 0.1) is 16.8 Å². The highest BCUT2D eigenvalue weighted by molar-refractivity contribution is 7.07. The molecule has 0 saturated heterocycles. The van der Waals surface area contributed by atoms with E-state index >= 15 is 0 Å². The zero-order valence-corrected chi connectivity index (χ0v) is 18.0. The number of halogens is 1. The Hall–Kier alpha value is -3.49. The van der Waals surface area contributed by atoms with Gasteiger partial charge in [-0.3, -0.25) is 29.8 Å². The molecule has 2 aromatic carbocycles. The molecule has 0 saturated carbocycles. The van der Waals surface area contributed by atoms with Crippen LogP contribution in [0.3, 0.4) is 0 Å². The van der Waals surface area contributed by atoms with Crippen molar-refractivity contribution in [1.82, 2.24) is 20.4 Å². The molecule has 0 aliphatic heterocycles. The molecule has 0 radical (unpaired) electrons. The fourth-order valence-corrected chi connectivity index (χ4v) is 3.97. The third-order valence-electron chi connectivity index (χ3n) is 4.69. The predicted octanol–water partition coefficient (Wildman–Crippen LogP) is 3.55. The zero-order chi connectivity index (χ0) is 22.0. The summed E-state index contributed by atoms with van der Waals surface area (Å²) >= 11 is 6.99. The van der Waals surface area contributed by atoms with Crippen molar-refractivity contribution in [1.29, 1.82) is 0 Å². The van der Waals surface area contributed by atoms with Gasteiger partial charge in [0.2, 0.25) is 0 Å². The molecule has 0 aliphatic carbocycles. The zero-order valence-electron chi connectivity index (χ0n) is 16.4. The van der Waals surface area contributed by atoms with Gasteiger partial charge in [-0.25, -0.2) is 4.98 Å². The van der Waals surface area contributed by atoms with Gasteiger partial charge < -0.3 is 0 Å². The van der Waals surface area contributed by atoms with E-state index in [-0.39, 0.29) is 11.4 Å². The van der Waals surface area contributed by atoms with Gasteiger partial charge >= 0.3 is 4.87 Å². The highest BCUT2D eigenvalue weighted by Gasteiger charge is 2.15. The number of nitrogens with one attached hydrogen (secondary N) is 2. The molecule has 4 rings (SSSR count). The quantitative estimate of drug-likeness (QED) is 0.463. The number of hydrogen-bond acceptors (Lipinski definition) is 5. The number of pyridine rings is 1. The lowest BCUT2D eigenvalue weighted by atomic mass is 10.0. The number of hydrogen-bond donors (Lipinski definition) is 2. The van der Waals surface area contributed by atoms with Crippen LogP contribution in [0, 0.1) is 6.92 Å². The van der Waals surface area contributed by atoms with E-state index < -0.39 is 11.8 Å². The van der Waals surface area contributed by atoms with E-state index in [4.69, 9.17) is 11.6 Å². The molecule has 2 heterocycles. The van der Waals surface area contributed by atoms with Crippen LogP contribution < -0.4 is 15.7 Å². The minimum atomic E-state index is -0.506. The fourth-order valence-electron chi connectivity index (χ4n) is 3.10. The monoisotopic (exact) mass is 452 g/mol. The van der Waals surface area contributed by atoms with Crippen LogP contribution in [0.15, 0.2) is 64.8 Å². The number of aryl methyl sites for hydroxylation is 1. The van der Waals surface area contributed by atoms with E-state index in [2.05, 4.69) is 15.8 Å². The molecule has 9 heteroatoms. The summed E-state index contributed by atoms with van der Waals surface area (Å²) < 4.78 is 1.34. The number of nitrogens with zero attached hydrogens (tertiary/aromatic N) is 2. The van der Waals surface area contributed by atoms with Gasteiger partial charge in [-0.15, -0.1) is 0 Å². The van der Waals surface area contributed by atoms with Crippen LogP contribution in [0.25, 0.3) is 22.2 Å². The summed E-state index contributed by atoms with van der Waals surface area (Å²) in [7, 11) is 0. The Kier molecular flexibility index (Phi) is 5.83. The lowest BCUT2D eigenvalue weighted by Crippen LogP contribution is -2.44. The van der Waals surface area contributed by atoms with Crippen molar-refractivity contribution in [2.24, 2.45) is 0 Å². The first-order valence-corrected chi connectivity index (χ1v) is 10.6. The van der Waals surface area contributed by atoms with E-state index in [0.29, 0.717) is 32.9 Å². The second-order valence-electron chi connectivity index (χ2n) is 6.81. The van der Waals surface area contributed by atoms with Gasteiger partial charge in [0, 0.05) is 27.0 Å². The Morgan fingerprint density at radius 2 is 1.84 bits per heavy atom. The van der Waals surface area contributed by atoms with Crippen LogP contribution in [0.4, 0.5) is 0 Å². The molecule has 31 heavy (non-hydrogen) atoms. The van der Waals surface area contributed by atoms with E-state index in [9.17, 15) is 14.4 Å². The SMILES string of the molecule is Cc1csc(=O)n1CC(=O)NNC(=O)c1cc(-c2ccc(Cl)cc2)nc2ccccc12. The molecule has 0 aliphatic rings. The van der Waals surface area contributed by atoms with Crippen LogP contribution in [-0.4, -0.2) is 21.4 Å². The van der Waals surface area contributed by atoms with Crippen LogP contribution in [0.1, 0.15) is 16.1 Å². The number of aromatic nitrogens is 2. The second-order valence-corrected chi connectivity index (χ2v) is 8.07. The minimum Gasteiger partial charge on any atom is -0.294 e. The number of carbonyl (C=O) groups is 2. The number of benzene rings is 2. The van der Waals surface area contributed by atoms with Crippen molar-refractivity contribution in [3.05, 3.63) is 85.9 Å². The summed E-state index contributed by atoms with van der Waals surface area (Å²) in [4.78, 5) is 41.3. The maximum absolute atomic E-state index is 12.9. The van der Waals surface area contributed by atoms with Gasteiger partial charge in [0.15, 0.2) is 0 Å². The second kappa shape index (κ2) is 8.71. The average Bonchev–Trinajstić information content (AvgIpc) is 3.09. The lowest BCUT2D eigenvalue weighted by molar-refractivity contribution is -0.122. The third kappa shape index (κ3) is 4.50. The van der Waals surface area contributed by atoms with Crippen molar-refractivity contribution in [3.8, 4) is 11.3 Å². The average molecular weight is 453 g/mol. The Labute approximate surface area is 186 Å². The third-order valence-corrected chi connectivity index (χ3v) is 5.83. The van der Waals surface area contributed by atoms with E-state index in [1.165, 1.54) is 4.57 Å². The van der Waals surface area contributed by atoms with Crippen molar-refractivity contribution >= 4 is 45.7 Å². The molecule has 0 spiro atoms. The van der Waals surface area contributed by atoms with Gasteiger partial charge in [0.25, 0.3) is 11.8 Å². The fraction of sp³-hybridized carbons (Fsp3) is 0.0909. The highest BCUT2D eigenvalue weighted by Crippen LogP contribution is 2.25. The Balaban J connectivity index is 1.59. The molecule has 2 amide bonds. The summed E-state index contributed by atoms with van der Waals surface area (Å²) in [6, 6.07) is 16.1. The largest absolute Gasteiger partial charge is 0.307 e. The number of thiazole rings is 1. The number of para-hydroxylation sites is 1. The highest BCUT2D eigenvalue weighted by atomic mass is 35.5. The first-order valence-electron chi connectivity index (χ1n) is 9.32. The molecular formula is C22H17ClN4O3S. The molecule has 156 valence electrons. The molecule has 2 aromatic heterocycles. The van der Waals surface area contributed by atoms with Crippen molar-refractivity contribution in [2.75, 3.05) is 0 Å². The Bertz CT molecular complexity index is 1350. The molecular weight excluding hydrogens is 436 g/mol. The number of hydrazine groups is 1. The van der Waals surface area contributed by atoms with Crippen LogP contribution in [0.2, 0.25) is 5.02 Å². The summed E-state index contributed by atoms with van der Waals surface area (Å²) in [5.74, 6) is -0.996. The van der Waals surface area contributed by atoms with Crippen LogP contribution in [-0.2, 0) is 11.3 Å². The molecule has 0 atom stereocenters. The van der Waals surface area contributed by atoms with Crippen LogP contribution >= 0.6 is 22.9 Å². The number of rotatable bonds is 4. The standard InChI is InChI=1S/C22H17ClN4O3S/c1-13-12-31-22(30)27(13)11-20(28)25-26-21(29)17-10-19(14-6-8-15(23)9-7-14)24-18-5-3-2-4-16(17)18/h2-10,12H,11H2,1H3,(H,25,28)(H,26,29). The summed E-state index contributed by atoms with van der Waals surface area (Å²) in [5, 5.41) is 2.93. The van der Waals surface area contributed by atoms with Gasteiger partial charge in [-0.05, 0) is 31.2 Å². The van der Waals surface area contributed by atoms with Gasteiger partial charge in [0.1, 0.15) is 6.54 Å². The molecule has 0 fully saturated rings. The first kappa shape index (κ1) is 20.8. The lowest BCUT2D eigenvalue weighted by Gasteiger charge is -2.12. The number of amides is 2. The van der Waals surface area contributed by atoms with Crippen molar-refractivity contribution in [2.45, 2.75) is 13.5 Å². The number of carbonyl (C=O) groups excluding carboxylic acids is 2. The predicted molar refractivity (Wildman–Crippen MR) is 121 cm³/mol. The normalized spacial score (nSPS) is 10.8. The topological polar surface area (TPSA) is 93.1 Å². The summed E-state index contributed by atoms with van der Waals surface area (Å²) in [6.07, 6.45) is 0. The van der Waals surface area contributed by atoms with Crippen molar-refractivity contribution in [3.63, 3.8) is 0 Å². The molecule has 0 bridgehead atoms. The molecule has 2 N–H and O–H groups in total. The van der Waals surface area contributed by atoms with E-state index in [1.807, 2.05) is 30.3 Å². The van der Waals surface area contributed by atoms with E-state index in [0.717, 1.165) is 16.9 Å². The van der Waals surface area contributed by atoms with Crippen molar-refractivity contribution < 1.29 is 9.59 Å². The van der Waals surface area contributed by atoms with Gasteiger partial charge in [-0.1, -0.05) is 53.3 Å². The Morgan fingerprint density at radius 1 is 1.10 bits per heavy atom. The Morgan fingerprint density at radius 3 is 2.55 bits per heavy atom. The van der Waals surface area contributed by atoms with Crippen LogP contribution in [0.5, 0.6) is 0 Å². The molecule has 4 aromatic rings. The van der Waals surface area contributed by atoms with Gasteiger partial charge in [-0.2, -0.15) is 0 Å². The maximum atomic E-state index is 12.9. The first-order chi connectivity index (χ1) is 14.9.